The number of hydrogen-bond acceptors (Lipinski definition) is 17. The number of benzene rings is 5. The van der Waals surface area contributed by atoms with Crippen molar-refractivity contribution in [2.24, 2.45) is 27.6 Å². The van der Waals surface area contributed by atoms with Crippen molar-refractivity contribution in [1.82, 2.24) is 0 Å². The van der Waals surface area contributed by atoms with Crippen molar-refractivity contribution < 1.29 is 89.1 Å². The summed E-state index contributed by atoms with van der Waals surface area (Å²) in [5.74, 6) is -0.185. The molecule has 2 aliphatic carbocycles. The van der Waals surface area contributed by atoms with Gasteiger partial charge in [0, 0.05) is 17.5 Å². The van der Waals surface area contributed by atoms with Gasteiger partial charge in [-0.15, -0.1) is 0 Å². The molecule has 5 aliphatic rings. The van der Waals surface area contributed by atoms with Gasteiger partial charge in [0.1, 0.15) is 40.8 Å². The van der Waals surface area contributed by atoms with E-state index in [2.05, 4.69) is 103 Å². The third kappa shape index (κ3) is 19.8. The number of hydrogen-bond donors (Lipinski definition) is 2. The van der Waals surface area contributed by atoms with Gasteiger partial charge in [-0.2, -0.15) is 8.78 Å². The van der Waals surface area contributed by atoms with Crippen LogP contribution in [0.5, 0.6) is 23.0 Å². The first kappa shape index (κ1) is 76.9. The Morgan fingerprint density at radius 2 is 1.06 bits per heavy atom. The lowest BCUT2D eigenvalue weighted by Gasteiger charge is -2.29. The summed E-state index contributed by atoms with van der Waals surface area (Å²) in [7, 11) is -5.87. The maximum atomic E-state index is 13.0. The summed E-state index contributed by atoms with van der Waals surface area (Å²) in [6.45, 7) is 24.5. The van der Waals surface area contributed by atoms with Gasteiger partial charge >= 0.3 is 35.1 Å². The zero-order chi connectivity index (χ0) is 70.5. The summed E-state index contributed by atoms with van der Waals surface area (Å²) in [5, 5.41) is 15.1. The van der Waals surface area contributed by atoms with Crippen molar-refractivity contribution in [2.75, 3.05) is 0 Å². The Morgan fingerprint density at radius 3 is 1.53 bits per heavy atom. The number of fused-ring (bicyclic) bond motifs is 2. The molecule has 7 atom stereocenters. The summed E-state index contributed by atoms with van der Waals surface area (Å²) in [5.41, 5.74) is -1.04. The van der Waals surface area contributed by atoms with E-state index in [1.165, 1.54) is 53.5 Å². The summed E-state index contributed by atoms with van der Waals surface area (Å²) in [6.07, 6.45) is 5.83. The summed E-state index contributed by atoms with van der Waals surface area (Å²) in [4.78, 5) is 63.2. The van der Waals surface area contributed by atoms with E-state index in [0.29, 0.717) is 56.8 Å². The molecule has 17 nitrogen and oxygen atoms in total. The molecule has 3 saturated heterocycles. The predicted molar refractivity (Wildman–Crippen MR) is 356 cm³/mol. The Bertz CT molecular complexity index is 3390. The van der Waals surface area contributed by atoms with E-state index in [0.717, 1.165) is 37.0 Å². The first-order chi connectivity index (χ1) is 44.4. The number of phenolic OH excluding ortho intramolecular Hbond substituents is 2. The quantitative estimate of drug-likeness (QED) is 0.0195. The van der Waals surface area contributed by atoms with E-state index in [4.69, 9.17) is 28.4 Å². The number of esters is 5. The summed E-state index contributed by atoms with van der Waals surface area (Å²) in [6, 6.07) is 42.5. The normalized spacial score (nSPS) is 20.4. The second kappa shape index (κ2) is 32.3. The number of rotatable bonds is 19. The van der Waals surface area contributed by atoms with Crippen molar-refractivity contribution in [3.05, 3.63) is 139 Å². The fourth-order valence-corrected chi connectivity index (χ4v) is 13.0. The average Bonchev–Trinajstić information content (AvgIpc) is 1.58. The van der Waals surface area contributed by atoms with Crippen LogP contribution in [0.3, 0.4) is 0 Å². The third-order valence-electron chi connectivity index (χ3n) is 18.7. The molecular weight excluding hydrogens is 1260 g/mol. The minimum absolute atomic E-state index is 0.0146. The number of carbonyl (C=O) groups is 5. The molecule has 520 valence electrons. The van der Waals surface area contributed by atoms with Gasteiger partial charge in [-0.3, -0.25) is 24.0 Å². The number of halogens is 2. The van der Waals surface area contributed by atoms with Crippen LogP contribution in [0.25, 0.3) is 0 Å². The van der Waals surface area contributed by atoms with Crippen molar-refractivity contribution in [3.8, 4) is 23.0 Å². The van der Waals surface area contributed by atoms with Crippen LogP contribution < -0.4 is 9.47 Å². The highest BCUT2D eigenvalue weighted by molar-refractivity contribution is 7.97. The zero-order valence-corrected chi connectivity index (χ0v) is 58.9. The molecule has 95 heavy (non-hydrogen) atoms. The minimum Gasteiger partial charge on any atom is -0.743 e. The van der Waals surface area contributed by atoms with Gasteiger partial charge in [-0.05, 0) is 213 Å². The smallest absolute Gasteiger partial charge is 0.369 e. The average molecular weight is 1360 g/mol. The van der Waals surface area contributed by atoms with E-state index in [1.54, 1.807) is 19.1 Å². The molecule has 7 unspecified atom stereocenters. The highest BCUT2D eigenvalue weighted by Crippen LogP contribution is 2.48. The van der Waals surface area contributed by atoms with Gasteiger partial charge in [0.05, 0.1) is 44.6 Å². The second-order valence-corrected chi connectivity index (χ2v) is 30.9. The number of ether oxygens (including phenoxy) is 7. The maximum absolute atomic E-state index is 13.0. The van der Waals surface area contributed by atoms with E-state index in [9.17, 15) is 55.9 Å². The molecule has 2 N–H and O–H groups in total. The molecule has 4 fully saturated rings. The summed E-state index contributed by atoms with van der Waals surface area (Å²) < 4.78 is 94.7. The Labute approximate surface area is 562 Å². The second-order valence-electron chi connectivity index (χ2n) is 27.5. The fraction of sp³-hybridized carbons (Fsp3) is 0.527. The topological polar surface area (TPSA) is 248 Å². The SMILES string of the molecule is CCC(C)(C)C(=O)OC(C)C(F)(F)S(=O)(=O)[O-].CCC(C)(C)C(=O)OC1C2CC3C(=O)OC1C3O2.CCC(C)(C)C(=O)OC1CCc2c(O)ccc(O)c2C1.CCC(C)(C)C(=O)Oc1ccc(OC2(C)CCCC2)cc1.c1ccc([S+](c2ccccc2)c2ccccc2)cc1. The van der Waals surface area contributed by atoms with Gasteiger partial charge in [-0.25, -0.2) is 8.42 Å². The van der Waals surface area contributed by atoms with Gasteiger partial charge < -0.3 is 47.9 Å². The Kier molecular flexibility index (Phi) is 26.2. The molecular formula is C74H96F2O17S2. The molecule has 1 saturated carbocycles. The van der Waals surface area contributed by atoms with E-state index >= 15 is 0 Å². The van der Waals surface area contributed by atoms with Crippen LogP contribution in [0.2, 0.25) is 0 Å². The molecule has 10 rings (SSSR count). The van der Waals surface area contributed by atoms with Crippen molar-refractivity contribution >= 4 is 50.9 Å². The molecule has 5 aromatic rings. The van der Waals surface area contributed by atoms with Gasteiger partial charge in [0.15, 0.2) is 43.1 Å². The Balaban J connectivity index is 0.000000188. The zero-order valence-electron chi connectivity index (χ0n) is 57.2. The number of carbonyl (C=O) groups excluding carboxylic acids is 5. The number of aromatic hydroxyl groups is 2. The van der Waals surface area contributed by atoms with Gasteiger partial charge in [-0.1, -0.05) is 82.3 Å². The standard InChI is InChI=1S/C18H26O3.C18H15S.C16H22O4.C13H18O5.C9H16F2O5S/c1-5-17(2,3)16(19)20-14-8-10-15(11-9-14)21-18(4)12-6-7-13-18;1-4-10-16(11-5-1)19(17-12-6-2-7-13-17)18-14-8-3-9-15-18;1-4-16(2,3)15(19)20-10-5-6-11-12(9-10)14(18)8-7-13(11)17;1-4-13(2,3)12(15)18-9-7-5-6-8(16-7)10(9)17-11(6)14;1-5-8(3,4)7(12)16-6(2)9(10,11)17(13,14)15/h8-11H,5-7,12-13H2,1-4H3;1-15H;7-8,10,17-18H,4-6,9H2,1-3H3;6-10H,4-5H2,1-3H3;6H,5H2,1-4H3,(H,13,14,15)/q;+1;;;/p-1. The number of phenols is 2. The fourth-order valence-electron chi connectivity index (χ4n) is 10.5. The van der Waals surface area contributed by atoms with E-state index < -0.39 is 61.3 Å². The molecule has 3 aliphatic heterocycles. The van der Waals surface area contributed by atoms with Crippen LogP contribution >= 0.6 is 0 Å². The van der Waals surface area contributed by atoms with Gasteiger partial charge in [0.2, 0.25) is 0 Å². The van der Waals surface area contributed by atoms with Crippen molar-refractivity contribution in [2.45, 2.75) is 236 Å². The molecule has 21 heteroatoms. The maximum Gasteiger partial charge on any atom is 0.369 e. The number of alkyl halides is 2. The van der Waals surface area contributed by atoms with Crippen LogP contribution in [-0.4, -0.2) is 101 Å². The molecule has 0 aromatic heterocycles. The van der Waals surface area contributed by atoms with Crippen molar-refractivity contribution in [3.63, 3.8) is 0 Å². The van der Waals surface area contributed by atoms with Gasteiger partial charge in [0.25, 0.3) is 0 Å². The predicted octanol–water partition coefficient (Wildman–Crippen LogP) is 15.0. The highest BCUT2D eigenvalue weighted by Gasteiger charge is 2.65. The van der Waals surface area contributed by atoms with Crippen molar-refractivity contribution in [1.29, 1.82) is 0 Å². The summed E-state index contributed by atoms with van der Waals surface area (Å²) >= 11 is 0. The lowest BCUT2D eigenvalue weighted by Crippen LogP contribution is -2.44. The minimum atomic E-state index is -5.86. The van der Waals surface area contributed by atoms with E-state index in [1.807, 2.05) is 74.4 Å². The molecule has 0 amide bonds. The molecule has 3 heterocycles. The van der Waals surface area contributed by atoms with Crippen LogP contribution in [-0.2, 0) is 81.5 Å². The lowest BCUT2D eigenvalue weighted by atomic mass is 9.87. The van der Waals surface area contributed by atoms with Crippen LogP contribution in [0, 0.1) is 27.6 Å². The molecule has 0 spiro atoms. The van der Waals surface area contributed by atoms with Crippen LogP contribution in [0.1, 0.15) is 172 Å². The monoisotopic (exact) mass is 1360 g/mol. The highest BCUT2D eigenvalue weighted by atomic mass is 32.2. The molecule has 5 aromatic carbocycles. The third-order valence-corrected chi connectivity index (χ3v) is 21.9. The first-order valence-electron chi connectivity index (χ1n) is 32.7. The largest absolute Gasteiger partial charge is 0.743 e. The van der Waals surface area contributed by atoms with E-state index in [-0.39, 0.29) is 76.1 Å². The molecule has 0 radical (unpaired) electrons. The van der Waals surface area contributed by atoms with Crippen LogP contribution in [0.4, 0.5) is 8.78 Å². The Morgan fingerprint density at radius 1 is 0.632 bits per heavy atom. The molecule has 2 bridgehead atoms. The first-order valence-corrected chi connectivity index (χ1v) is 35.3. The lowest BCUT2D eigenvalue weighted by molar-refractivity contribution is -0.170. The van der Waals surface area contributed by atoms with Crippen LogP contribution in [0.15, 0.2) is 142 Å². The Hall–Kier alpha value is -7.07.